The molecule has 0 saturated carbocycles. The fourth-order valence-corrected chi connectivity index (χ4v) is 5.63. The van der Waals surface area contributed by atoms with Crippen molar-refractivity contribution < 1.29 is 24.5 Å². The number of carboxylic acid groups (broad SMARTS) is 1. The number of phenolic OH excluding ortho intramolecular Hbond substituents is 1. The molecule has 2 rings (SSSR count). The number of esters is 1. The monoisotopic (exact) mass is 806 g/mol. The number of ether oxygens (including phenoxy) is 1. The molecule has 40 heavy (non-hydrogen) atoms. The first-order valence-electron chi connectivity index (χ1n) is 12.9. The summed E-state index contributed by atoms with van der Waals surface area (Å²) in [4.78, 5) is 21.7. The van der Waals surface area contributed by atoms with Crippen molar-refractivity contribution in [2.75, 3.05) is 0 Å². The predicted octanol–water partition coefficient (Wildman–Crippen LogP) is 10.2. The van der Waals surface area contributed by atoms with Gasteiger partial charge in [0.15, 0.2) is 5.75 Å². The van der Waals surface area contributed by atoms with E-state index in [-0.39, 0.29) is 11.7 Å². The first kappa shape index (κ1) is 38.1. The van der Waals surface area contributed by atoms with Crippen molar-refractivity contribution in [3.8, 4) is 23.6 Å². The van der Waals surface area contributed by atoms with E-state index < -0.39 is 5.97 Å². The van der Waals surface area contributed by atoms with Crippen LogP contribution in [0.4, 0.5) is 0 Å². The summed E-state index contributed by atoms with van der Waals surface area (Å²) in [5, 5.41) is 34.8. The van der Waals surface area contributed by atoms with E-state index in [0.29, 0.717) is 47.6 Å². The van der Waals surface area contributed by atoms with Gasteiger partial charge in [0.25, 0.3) is 0 Å². The summed E-state index contributed by atoms with van der Waals surface area (Å²) in [6, 6.07) is 10.4. The summed E-state index contributed by atoms with van der Waals surface area (Å²) in [6.07, 6.45) is 10.4. The molecule has 0 aromatic heterocycles. The molecule has 2 aromatic carbocycles. The number of nitriles is 2. The molecular weight excluding hydrogens is 776 g/mol. The van der Waals surface area contributed by atoms with Crippen molar-refractivity contribution >= 4 is 75.7 Å². The number of aliphatic carboxylic acids is 1. The number of nitrogens with zero attached hydrogens (tertiary/aromatic N) is 2. The van der Waals surface area contributed by atoms with Crippen molar-refractivity contribution in [1.29, 1.82) is 10.5 Å². The van der Waals surface area contributed by atoms with E-state index in [1.54, 1.807) is 24.3 Å². The number of carbonyl (C=O) groups is 2. The predicted molar refractivity (Wildman–Crippen MR) is 170 cm³/mol. The summed E-state index contributed by atoms with van der Waals surface area (Å²) >= 11 is 12.8. The first-order chi connectivity index (χ1) is 19.0. The van der Waals surface area contributed by atoms with Crippen LogP contribution >= 0.6 is 63.7 Å². The fourth-order valence-electron chi connectivity index (χ4n) is 3.09. The minimum atomic E-state index is -0.675. The van der Waals surface area contributed by atoms with Gasteiger partial charge in [-0.1, -0.05) is 58.8 Å². The minimum Gasteiger partial charge on any atom is -0.506 e. The quantitative estimate of drug-likeness (QED) is 0.124. The molecule has 0 bridgehead atoms. The maximum Gasteiger partial charge on any atom is 0.311 e. The third-order valence-corrected chi connectivity index (χ3v) is 7.60. The Balaban J connectivity index is 0.000000639. The van der Waals surface area contributed by atoms with Crippen molar-refractivity contribution in [1.82, 2.24) is 0 Å². The molecule has 0 saturated heterocycles. The SMILES string of the molecule is CCCCCCC(=O)O.CCCCCCCC(=O)Oc1c(Br)cc(C#N)cc1Br.N#Cc1cc(Br)c(O)c(Br)c1. The maximum absolute atomic E-state index is 11.8. The number of unbranched alkanes of at least 4 members (excludes halogenated alkanes) is 7. The zero-order valence-electron chi connectivity index (χ0n) is 22.6. The van der Waals surface area contributed by atoms with E-state index in [1.165, 1.54) is 19.3 Å². The van der Waals surface area contributed by atoms with Gasteiger partial charge in [-0.15, -0.1) is 0 Å². The zero-order chi connectivity index (χ0) is 30.5. The van der Waals surface area contributed by atoms with Gasteiger partial charge in [-0.2, -0.15) is 10.5 Å². The summed E-state index contributed by atoms with van der Waals surface area (Å²) in [7, 11) is 0. The lowest BCUT2D eigenvalue weighted by atomic mass is 10.1. The lowest BCUT2D eigenvalue weighted by Gasteiger charge is -2.09. The first-order valence-corrected chi connectivity index (χ1v) is 16.1. The number of hydrogen-bond donors (Lipinski definition) is 2. The van der Waals surface area contributed by atoms with E-state index in [2.05, 4.69) is 77.6 Å². The second-order valence-electron chi connectivity index (χ2n) is 8.62. The highest BCUT2D eigenvalue weighted by Crippen LogP contribution is 2.35. The van der Waals surface area contributed by atoms with Gasteiger partial charge in [0, 0.05) is 12.8 Å². The number of benzene rings is 2. The van der Waals surface area contributed by atoms with Crippen LogP contribution < -0.4 is 4.74 Å². The number of halogens is 4. The summed E-state index contributed by atoms with van der Waals surface area (Å²) < 4.78 is 7.57. The van der Waals surface area contributed by atoms with Crippen LogP contribution in [0.2, 0.25) is 0 Å². The zero-order valence-corrected chi connectivity index (χ0v) is 29.0. The third kappa shape index (κ3) is 17.0. The molecular formula is C29H34Br4N2O5. The van der Waals surface area contributed by atoms with Crippen molar-refractivity contribution in [2.24, 2.45) is 0 Å². The molecule has 218 valence electrons. The molecule has 0 spiro atoms. The Morgan fingerprint density at radius 3 is 1.55 bits per heavy atom. The molecule has 0 radical (unpaired) electrons. The molecule has 11 heteroatoms. The van der Waals surface area contributed by atoms with Crippen LogP contribution in [-0.4, -0.2) is 22.2 Å². The van der Waals surface area contributed by atoms with Gasteiger partial charge in [0.2, 0.25) is 0 Å². The molecule has 0 aliphatic heterocycles. The van der Waals surface area contributed by atoms with Crippen LogP contribution in [0, 0.1) is 22.7 Å². The molecule has 2 aromatic rings. The van der Waals surface area contributed by atoms with Crippen molar-refractivity contribution in [3.05, 3.63) is 53.3 Å². The molecule has 0 aliphatic carbocycles. The molecule has 7 nitrogen and oxygen atoms in total. The van der Waals surface area contributed by atoms with Gasteiger partial charge in [-0.05, 0) is 101 Å². The Labute approximate surface area is 270 Å². The standard InChI is InChI=1S/C15H17Br2NO2.C7H3Br2NO.C7H14O2/c1-2-3-4-5-6-7-14(19)20-15-12(16)8-11(10-18)9-13(15)17;8-5-1-4(3-10)2-6(9)7(5)11;1-2-3-4-5-6-7(8)9/h8-9H,2-7H2,1H3;1-2,11H;2-6H2,1H3,(H,8,9). The Bertz CT molecular complexity index is 1130. The summed E-state index contributed by atoms with van der Waals surface area (Å²) in [6.45, 7) is 4.27. The molecule has 0 atom stereocenters. The largest absolute Gasteiger partial charge is 0.506 e. The number of hydrogen-bond acceptors (Lipinski definition) is 6. The molecule has 0 unspecified atom stereocenters. The average Bonchev–Trinajstić information content (AvgIpc) is 2.91. The van der Waals surface area contributed by atoms with E-state index in [4.69, 9.17) is 20.4 Å². The van der Waals surface area contributed by atoms with Gasteiger partial charge in [0.05, 0.1) is 41.2 Å². The van der Waals surface area contributed by atoms with Crippen molar-refractivity contribution in [3.63, 3.8) is 0 Å². The van der Waals surface area contributed by atoms with E-state index in [9.17, 15) is 14.7 Å². The summed E-state index contributed by atoms with van der Waals surface area (Å²) in [5.74, 6) is -0.370. The number of carboxylic acids is 1. The average molecular weight is 810 g/mol. The van der Waals surface area contributed by atoms with Crippen molar-refractivity contribution in [2.45, 2.75) is 84.5 Å². The van der Waals surface area contributed by atoms with Gasteiger partial charge >= 0.3 is 11.9 Å². The summed E-state index contributed by atoms with van der Waals surface area (Å²) in [5.41, 5.74) is 1.00. The second kappa shape index (κ2) is 22.7. The number of rotatable bonds is 12. The van der Waals surface area contributed by atoms with Crippen LogP contribution in [0.25, 0.3) is 0 Å². The number of phenols is 1. The lowest BCUT2D eigenvalue weighted by molar-refractivity contribution is -0.137. The van der Waals surface area contributed by atoms with Crippen LogP contribution in [-0.2, 0) is 9.59 Å². The Kier molecular flexibility index (Phi) is 21.6. The van der Waals surface area contributed by atoms with Gasteiger partial charge < -0.3 is 14.9 Å². The molecule has 0 heterocycles. The van der Waals surface area contributed by atoms with Crippen LogP contribution in [0.5, 0.6) is 11.5 Å². The Morgan fingerprint density at radius 2 is 1.12 bits per heavy atom. The highest BCUT2D eigenvalue weighted by Gasteiger charge is 2.13. The van der Waals surface area contributed by atoms with Crippen LogP contribution in [0.3, 0.4) is 0 Å². The minimum absolute atomic E-state index is 0.115. The van der Waals surface area contributed by atoms with E-state index in [1.807, 2.05) is 12.1 Å². The number of aromatic hydroxyl groups is 1. The van der Waals surface area contributed by atoms with Gasteiger partial charge in [-0.25, -0.2) is 0 Å². The normalized spacial score (nSPS) is 9.70. The maximum atomic E-state index is 11.8. The second-order valence-corrected chi connectivity index (χ2v) is 12.0. The van der Waals surface area contributed by atoms with Gasteiger partial charge in [-0.3, -0.25) is 9.59 Å². The molecule has 0 aliphatic rings. The third-order valence-electron chi connectivity index (χ3n) is 5.22. The highest BCUT2D eigenvalue weighted by atomic mass is 79.9. The molecule has 2 N–H and O–H groups in total. The smallest absolute Gasteiger partial charge is 0.311 e. The molecule has 0 fully saturated rings. The Hall–Kier alpha value is -1.92. The number of carbonyl (C=O) groups excluding carboxylic acids is 1. The van der Waals surface area contributed by atoms with E-state index in [0.717, 1.165) is 38.5 Å². The van der Waals surface area contributed by atoms with Crippen LogP contribution in [0.15, 0.2) is 42.2 Å². The van der Waals surface area contributed by atoms with Crippen LogP contribution in [0.1, 0.15) is 95.6 Å². The van der Waals surface area contributed by atoms with E-state index >= 15 is 0 Å². The lowest BCUT2D eigenvalue weighted by Crippen LogP contribution is -2.08. The topological polar surface area (TPSA) is 131 Å². The van der Waals surface area contributed by atoms with Gasteiger partial charge in [0.1, 0.15) is 5.75 Å². The fraction of sp³-hybridized carbons (Fsp3) is 0.448. The highest BCUT2D eigenvalue weighted by molar-refractivity contribution is 9.11. The molecule has 0 amide bonds. The Morgan fingerprint density at radius 1 is 0.725 bits per heavy atom.